The summed E-state index contributed by atoms with van der Waals surface area (Å²) in [6.45, 7) is 0.246. The second-order valence-electron chi connectivity index (χ2n) is 3.75. The summed E-state index contributed by atoms with van der Waals surface area (Å²) in [7, 11) is 0. The molecule has 0 radical (unpaired) electrons. The Bertz CT molecular complexity index is 563. The number of H-pyrrole nitrogens is 1. The number of ether oxygens (including phenoxy) is 2. The molecule has 5 heteroatoms. The van der Waals surface area contributed by atoms with Gasteiger partial charge in [0.2, 0.25) is 6.79 Å². The standard InChI is InChI=1S/C12H10N2O3/c15-6-9-5-13-14-10(9)4-8-2-1-3-11-12(8)17-7-16-11/h1-3,5-6H,4,7H2,(H,13,14). The van der Waals surface area contributed by atoms with Crippen LogP contribution in [0, 0.1) is 0 Å². The predicted molar refractivity (Wildman–Crippen MR) is 59.3 cm³/mol. The van der Waals surface area contributed by atoms with Crippen molar-refractivity contribution in [1.29, 1.82) is 0 Å². The Kier molecular flexibility index (Phi) is 2.29. The van der Waals surface area contributed by atoms with Crippen molar-refractivity contribution in [2.75, 3.05) is 6.79 Å². The number of hydrogen-bond donors (Lipinski definition) is 1. The van der Waals surface area contributed by atoms with Crippen molar-refractivity contribution in [3.63, 3.8) is 0 Å². The number of para-hydroxylation sites is 1. The Morgan fingerprint density at radius 1 is 1.41 bits per heavy atom. The van der Waals surface area contributed by atoms with Gasteiger partial charge in [-0.3, -0.25) is 9.89 Å². The van der Waals surface area contributed by atoms with Crippen molar-refractivity contribution < 1.29 is 14.3 Å². The lowest BCUT2D eigenvalue weighted by Gasteiger charge is -2.04. The summed E-state index contributed by atoms with van der Waals surface area (Å²) in [5.41, 5.74) is 2.33. The van der Waals surface area contributed by atoms with Gasteiger partial charge in [-0.25, -0.2) is 0 Å². The van der Waals surface area contributed by atoms with Gasteiger partial charge in [0.1, 0.15) is 0 Å². The van der Waals surface area contributed by atoms with Gasteiger partial charge in [0.15, 0.2) is 17.8 Å². The van der Waals surface area contributed by atoms with E-state index < -0.39 is 0 Å². The smallest absolute Gasteiger partial charge is 0.231 e. The molecule has 0 spiro atoms. The molecular weight excluding hydrogens is 220 g/mol. The fourth-order valence-corrected chi connectivity index (χ4v) is 1.89. The minimum absolute atomic E-state index is 0.246. The largest absolute Gasteiger partial charge is 0.454 e. The molecule has 5 nitrogen and oxygen atoms in total. The highest BCUT2D eigenvalue weighted by molar-refractivity contribution is 5.76. The number of nitrogens with zero attached hydrogens (tertiary/aromatic N) is 1. The minimum atomic E-state index is 0.246. The van der Waals surface area contributed by atoms with Crippen LogP contribution in [0.15, 0.2) is 24.4 Å². The second-order valence-corrected chi connectivity index (χ2v) is 3.75. The molecule has 1 aromatic heterocycles. The zero-order valence-corrected chi connectivity index (χ0v) is 8.97. The van der Waals surface area contributed by atoms with Crippen LogP contribution in [0.2, 0.25) is 0 Å². The Morgan fingerprint density at radius 3 is 3.24 bits per heavy atom. The summed E-state index contributed by atoms with van der Waals surface area (Å²) in [6.07, 6.45) is 2.88. The van der Waals surface area contributed by atoms with Crippen molar-refractivity contribution in [2.24, 2.45) is 0 Å². The highest BCUT2D eigenvalue weighted by atomic mass is 16.7. The number of benzene rings is 1. The van der Waals surface area contributed by atoms with Gasteiger partial charge in [0, 0.05) is 12.0 Å². The third-order valence-corrected chi connectivity index (χ3v) is 2.72. The molecule has 0 saturated carbocycles. The highest BCUT2D eigenvalue weighted by Gasteiger charge is 2.18. The van der Waals surface area contributed by atoms with Crippen LogP contribution in [0.4, 0.5) is 0 Å². The normalized spacial score (nSPS) is 12.7. The number of aromatic nitrogens is 2. The van der Waals surface area contributed by atoms with E-state index in [0.29, 0.717) is 12.0 Å². The molecular formula is C12H10N2O3. The maximum atomic E-state index is 10.8. The summed E-state index contributed by atoms with van der Waals surface area (Å²) in [5.74, 6) is 1.49. The summed E-state index contributed by atoms with van der Waals surface area (Å²) >= 11 is 0. The Hall–Kier alpha value is -2.30. The van der Waals surface area contributed by atoms with E-state index in [1.165, 1.54) is 6.20 Å². The predicted octanol–water partition coefficient (Wildman–Crippen LogP) is 1.54. The van der Waals surface area contributed by atoms with Crippen LogP contribution in [0.1, 0.15) is 21.6 Å². The molecule has 0 unspecified atom stereocenters. The molecule has 1 aromatic carbocycles. The fraction of sp³-hybridized carbons (Fsp3) is 0.167. The van der Waals surface area contributed by atoms with Gasteiger partial charge in [-0.2, -0.15) is 5.10 Å². The average molecular weight is 230 g/mol. The lowest BCUT2D eigenvalue weighted by molar-refractivity contribution is 0.112. The molecule has 3 rings (SSSR count). The van der Waals surface area contributed by atoms with E-state index in [1.54, 1.807) is 0 Å². The Labute approximate surface area is 97.4 Å². The van der Waals surface area contributed by atoms with E-state index in [9.17, 15) is 4.79 Å². The van der Waals surface area contributed by atoms with Gasteiger partial charge < -0.3 is 9.47 Å². The molecule has 1 aliphatic rings. The first-order valence-electron chi connectivity index (χ1n) is 5.23. The molecule has 0 aliphatic carbocycles. The zero-order valence-electron chi connectivity index (χ0n) is 8.97. The third kappa shape index (κ3) is 1.65. The van der Waals surface area contributed by atoms with Gasteiger partial charge in [0.05, 0.1) is 17.5 Å². The number of rotatable bonds is 3. The number of hydrogen-bond acceptors (Lipinski definition) is 4. The van der Waals surface area contributed by atoms with Gasteiger partial charge in [0.25, 0.3) is 0 Å². The maximum Gasteiger partial charge on any atom is 0.231 e. The van der Waals surface area contributed by atoms with Gasteiger partial charge >= 0.3 is 0 Å². The van der Waals surface area contributed by atoms with Crippen LogP contribution < -0.4 is 9.47 Å². The van der Waals surface area contributed by atoms with Crippen LogP contribution in [-0.4, -0.2) is 23.3 Å². The van der Waals surface area contributed by atoms with E-state index in [4.69, 9.17) is 9.47 Å². The lowest BCUT2D eigenvalue weighted by Crippen LogP contribution is -1.97. The van der Waals surface area contributed by atoms with E-state index in [2.05, 4.69) is 10.2 Å². The fourth-order valence-electron chi connectivity index (χ4n) is 1.89. The van der Waals surface area contributed by atoms with E-state index >= 15 is 0 Å². The summed E-state index contributed by atoms with van der Waals surface area (Å²) in [6, 6.07) is 5.71. The number of carbonyl (C=O) groups excluding carboxylic acids is 1. The molecule has 1 N–H and O–H groups in total. The average Bonchev–Trinajstić information content (AvgIpc) is 2.97. The second kappa shape index (κ2) is 3.93. The molecule has 2 heterocycles. The monoisotopic (exact) mass is 230 g/mol. The third-order valence-electron chi connectivity index (χ3n) is 2.72. The topological polar surface area (TPSA) is 64.2 Å². The molecule has 0 saturated heterocycles. The van der Waals surface area contributed by atoms with Crippen LogP contribution in [-0.2, 0) is 6.42 Å². The van der Waals surface area contributed by atoms with Crippen molar-refractivity contribution in [3.05, 3.63) is 41.2 Å². The number of aldehydes is 1. The SMILES string of the molecule is O=Cc1cn[nH]c1Cc1cccc2c1OCO2. The molecule has 0 atom stereocenters. The zero-order chi connectivity index (χ0) is 11.7. The highest BCUT2D eigenvalue weighted by Crippen LogP contribution is 2.36. The van der Waals surface area contributed by atoms with Crippen LogP contribution in [0.25, 0.3) is 0 Å². The molecule has 2 aromatic rings. The van der Waals surface area contributed by atoms with E-state index in [-0.39, 0.29) is 6.79 Å². The minimum Gasteiger partial charge on any atom is -0.454 e. The molecule has 86 valence electrons. The quantitative estimate of drug-likeness (QED) is 0.812. The van der Waals surface area contributed by atoms with Crippen molar-refractivity contribution in [3.8, 4) is 11.5 Å². The maximum absolute atomic E-state index is 10.8. The molecule has 0 fully saturated rings. The summed E-state index contributed by atoms with van der Waals surface area (Å²) in [4.78, 5) is 10.8. The van der Waals surface area contributed by atoms with Gasteiger partial charge in [-0.15, -0.1) is 0 Å². The molecule has 17 heavy (non-hydrogen) atoms. The summed E-state index contributed by atoms with van der Waals surface area (Å²) < 4.78 is 10.7. The van der Waals surface area contributed by atoms with Crippen LogP contribution in [0.5, 0.6) is 11.5 Å². The van der Waals surface area contributed by atoms with Crippen molar-refractivity contribution in [1.82, 2.24) is 10.2 Å². The van der Waals surface area contributed by atoms with E-state index in [0.717, 1.165) is 29.0 Å². The van der Waals surface area contributed by atoms with E-state index in [1.807, 2.05) is 18.2 Å². The van der Waals surface area contributed by atoms with Crippen LogP contribution >= 0.6 is 0 Å². The Morgan fingerprint density at radius 2 is 2.35 bits per heavy atom. The number of fused-ring (bicyclic) bond motifs is 1. The van der Waals surface area contributed by atoms with Crippen LogP contribution in [0.3, 0.4) is 0 Å². The van der Waals surface area contributed by atoms with Crippen molar-refractivity contribution in [2.45, 2.75) is 6.42 Å². The lowest BCUT2D eigenvalue weighted by atomic mass is 10.1. The molecule has 0 amide bonds. The first kappa shape index (κ1) is 9.89. The first-order chi connectivity index (χ1) is 8.38. The first-order valence-corrected chi connectivity index (χ1v) is 5.23. The summed E-state index contributed by atoms with van der Waals surface area (Å²) in [5, 5.41) is 6.67. The van der Waals surface area contributed by atoms with Crippen molar-refractivity contribution >= 4 is 6.29 Å². The number of nitrogens with one attached hydrogen (secondary N) is 1. The van der Waals surface area contributed by atoms with Gasteiger partial charge in [-0.05, 0) is 6.07 Å². The number of carbonyl (C=O) groups is 1. The Balaban J connectivity index is 1.96. The van der Waals surface area contributed by atoms with Gasteiger partial charge in [-0.1, -0.05) is 12.1 Å². The molecule has 1 aliphatic heterocycles. The molecule has 0 bridgehead atoms. The number of aromatic amines is 1.